The molecule has 2 N–H and O–H groups in total. The van der Waals surface area contributed by atoms with Crippen LogP contribution in [0, 0.1) is 0 Å². The zero-order chi connectivity index (χ0) is 18.8. The number of carbonyl (C=O) groups excluding carboxylic acids is 2. The van der Waals surface area contributed by atoms with Crippen LogP contribution in [0.2, 0.25) is 0 Å². The monoisotopic (exact) mass is 382 g/mol. The summed E-state index contributed by atoms with van der Waals surface area (Å²) < 4.78 is 36.2. The molecule has 8 heteroatoms. The van der Waals surface area contributed by atoms with Gasteiger partial charge in [0.05, 0.1) is 11.8 Å². The Balaban J connectivity index is 1.55. The summed E-state index contributed by atoms with van der Waals surface area (Å²) in [4.78, 5) is 25.1. The van der Waals surface area contributed by atoms with E-state index in [1.54, 1.807) is 35.6 Å². The third-order valence-corrected chi connectivity index (χ3v) is 5.31. The van der Waals surface area contributed by atoms with Gasteiger partial charge in [-0.1, -0.05) is 18.2 Å². The molecule has 1 aliphatic carbocycles. The van der Waals surface area contributed by atoms with E-state index in [1.165, 1.54) is 0 Å². The van der Waals surface area contributed by atoms with Gasteiger partial charge in [0.1, 0.15) is 6.54 Å². The molecular formula is C18H17F3N2O2S. The Hall–Kier alpha value is -2.35. The SMILES string of the molecule is O=C(Cc1ccc(NC(=O)C2(c3cccs3)CC2)cc1)NCC(F)(F)F. The van der Waals surface area contributed by atoms with E-state index >= 15 is 0 Å². The normalized spacial score (nSPS) is 15.3. The summed E-state index contributed by atoms with van der Waals surface area (Å²) in [7, 11) is 0. The minimum atomic E-state index is -4.43. The summed E-state index contributed by atoms with van der Waals surface area (Å²) >= 11 is 1.56. The minimum Gasteiger partial charge on any atom is -0.347 e. The summed E-state index contributed by atoms with van der Waals surface area (Å²) in [6.07, 6.45) is -2.94. The van der Waals surface area contributed by atoms with Gasteiger partial charge in [-0.15, -0.1) is 11.3 Å². The predicted molar refractivity (Wildman–Crippen MR) is 93.1 cm³/mol. The van der Waals surface area contributed by atoms with Gasteiger partial charge in [0, 0.05) is 10.6 Å². The molecule has 0 radical (unpaired) electrons. The number of anilines is 1. The molecule has 0 aliphatic heterocycles. The van der Waals surface area contributed by atoms with Gasteiger partial charge in [0.25, 0.3) is 0 Å². The Morgan fingerprint density at radius 3 is 2.35 bits per heavy atom. The summed E-state index contributed by atoms with van der Waals surface area (Å²) in [5.41, 5.74) is 0.726. The average Bonchev–Trinajstić information content (AvgIpc) is 3.21. The second-order valence-electron chi connectivity index (χ2n) is 6.28. The van der Waals surface area contributed by atoms with E-state index in [0.29, 0.717) is 11.3 Å². The van der Waals surface area contributed by atoms with E-state index in [4.69, 9.17) is 0 Å². The van der Waals surface area contributed by atoms with Gasteiger partial charge < -0.3 is 10.6 Å². The van der Waals surface area contributed by atoms with E-state index < -0.39 is 24.0 Å². The Bertz CT molecular complexity index is 782. The zero-order valence-electron chi connectivity index (χ0n) is 13.7. The van der Waals surface area contributed by atoms with Crippen molar-refractivity contribution in [2.75, 3.05) is 11.9 Å². The van der Waals surface area contributed by atoms with Gasteiger partial charge in [-0.2, -0.15) is 13.2 Å². The van der Waals surface area contributed by atoms with Crippen LogP contribution < -0.4 is 10.6 Å². The first-order valence-corrected chi connectivity index (χ1v) is 8.94. The van der Waals surface area contributed by atoms with E-state index in [0.717, 1.165) is 17.7 Å². The quantitative estimate of drug-likeness (QED) is 0.801. The molecule has 0 saturated heterocycles. The summed E-state index contributed by atoms with van der Waals surface area (Å²) in [5, 5.41) is 6.65. The molecule has 26 heavy (non-hydrogen) atoms. The number of rotatable bonds is 6. The highest BCUT2D eigenvalue weighted by Gasteiger charge is 2.52. The smallest absolute Gasteiger partial charge is 0.347 e. The number of halogens is 3. The third kappa shape index (κ3) is 4.43. The molecular weight excluding hydrogens is 365 g/mol. The van der Waals surface area contributed by atoms with Crippen LogP contribution in [0.15, 0.2) is 41.8 Å². The van der Waals surface area contributed by atoms with Gasteiger partial charge in [-0.3, -0.25) is 9.59 Å². The fourth-order valence-electron chi connectivity index (χ4n) is 2.66. The van der Waals surface area contributed by atoms with Crippen LogP contribution in [0.4, 0.5) is 18.9 Å². The molecule has 1 aliphatic rings. The molecule has 2 aromatic rings. The first-order chi connectivity index (χ1) is 12.3. The Morgan fingerprint density at radius 2 is 1.81 bits per heavy atom. The lowest BCUT2D eigenvalue weighted by atomic mass is 10.0. The third-order valence-electron chi connectivity index (χ3n) is 4.24. The molecule has 1 fully saturated rings. The number of benzene rings is 1. The molecule has 0 spiro atoms. The fourth-order valence-corrected chi connectivity index (χ4v) is 3.65. The first kappa shape index (κ1) is 18.4. The van der Waals surface area contributed by atoms with Crippen molar-refractivity contribution in [3.8, 4) is 0 Å². The average molecular weight is 382 g/mol. The Kier molecular flexibility index (Phi) is 5.04. The maximum atomic E-state index is 12.6. The number of hydrogen-bond donors (Lipinski definition) is 2. The van der Waals surface area contributed by atoms with Crippen molar-refractivity contribution in [2.45, 2.75) is 30.9 Å². The molecule has 2 amide bonds. The lowest BCUT2D eigenvalue weighted by Crippen LogP contribution is -2.34. The van der Waals surface area contributed by atoms with E-state index in [2.05, 4.69) is 5.32 Å². The predicted octanol–water partition coefficient (Wildman–Crippen LogP) is 3.64. The summed E-state index contributed by atoms with van der Waals surface area (Å²) in [6.45, 7) is -1.34. The highest BCUT2D eigenvalue weighted by Crippen LogP contribution is 2.50. The van der Waals surface area contributed by atoms with E-state index in [1.807, 2.05) is 22.8 Å². The van der Waals surface area contributed by atoms with Crippen molar-refractivity contribution in [2.24, 2.45) is 0 Å². The molecule has 0 bridgehead atoms. The maximum absolute atomic E-state index is 12.6. The number of nitrogens with one attached hydrogen (secondary N) is 2. The van der Waals surface area contributed by atoms with Crippen LogP contribution in [0.3, 0.4) is 0 Å². The molecule has 0 unspecified atom stereocenters. The van der Waals surface area contributed by atoms with Gasteiger partial charge in [-0.05, 0) is 42.0 Å². The molecule has 4 nitrogen and oxygen atoms in total. The van der Waals surface area contributed by atoms with Crippen molar-refractivity contribution in [1.29, 1.82) is 0 Å². The van der Waals surface area contributed by atoms with E-state index in [9.17, 15) is 22.8 Å². The van der Waals surface area contributed by atoms with Crippen LogP contribution >= 0.6 is 11.3 Å². The van der Waals surface area contributed by atoms with Crippen molar-refractivity contribution in [1.82, 2.24) is 5.32 Å². The lowest BCUT2D eigenvalue weighted by Gasteiger charge is -2.14. The van der Waals surface area contributed by atoms with E-state index in [-0.39, 0.29) is 12.3 Å². The lowest BCUT2D eigenvalue weighted by molar-refractivity contribution is -0.138. The number of alkyl halides is 3. The van der Waals surface area contributed by atoms with Crippen molar-refractivity contribution in [3.63, 3.8) is 0 Å². The Morgan fingerprint density at radius 1 is 1.12 bits per heavy atom. The molecule has 1 aromatic heterocycles. The molecule has 0 atom stereocenters. The van der Waals surface area contributed by atoms with Crippen LogP contribution in [-0.4, -0.2) is 24.5 Å². The van der Waals surface area contributed by atoms with Gasteiger partial charge >= 0.3 is 6.18 Å². The molecule has 3 rings (SSSR count). The second kappa shape index (κ2) is 7.11. The summed E-state index contributed by atoms with van der Waals surface area (Å²) in [6, 6.07) is 10.4. The van der Waals surface area contributed by atoms with Crippen LogP contribution in [0.5, 0.6) is 0 Å². The van der Waals surface area contributed by atoms with Crippen molar-refractivity contribution >= 4 is 28.8 Å². The number of amides is 2. The van der Waals surface area contributed by atoms with Crippen LogP contribution in [0.25, 0.3) is 0 Å². The van der Waals surface area contributed by atoms with Gasteiger partial charge in [0.15, 0.2) is 0 Å². The maximum Gasteiger partial charge on any atom is 0.405 e. The topological polar surface area (TPSA) is 58.2 Å². The number of thiophene rings is 1. The molecule has 1 aromatic carbocycles. The molecule has 138 valence electrons. The number of hydrogen-bond acceptors (Lipinski definition) is 3. The van der Waals surface area contributed by atoms with Gasteiger partial charge in [-0.25, -0.2) is 0 Å². The largest absolute Gasteiger partial charge is 0.405 e. The Labute approximate surface area is 152 Å². The first-order valence-electron chi connectivity index (χ1n) is 8.06. The molecule has 1 heterocycles. The highest BCUT2D eigenvalue weighted by atomic mass is 32.1. The second-order valence-corrected chi connectivity index (χ2v) is 7.23. The zero-order valence-corrected chi connectivity index (χ0v) is 14.5. The number of carbonyl (C=O) groups is 2. The molecule has 1 saturated carbocycles. The summed E-state index contributed by atoms with van der Waals surface area (Å²) in [5.74, 6) is -0.760. The minimum absolute atomic E-state index is 0.0596. The van der Waals surface area contributed by atoms with Crippen LogP contribution in [-0.2, 0) is 21.4 Å². The fraction of sp³-hybridized carbons (Fsp3) is 0.333. The highest BCUT2D eigenvalue weighted by molar-refractivity contribution is 7.10. The van der Waals surface area contributed by atoms with Crippen LogP contribution in [0.1, 0.15) is 23.3 Å². The standard InChI is InChI=1S/C18H17F3N2O2S/c19-18(20,21)11-22-15(24)10-12-3-5-13(6-4-12)23-16(25)17(7-8-17)14-2-1-9-26-14/h1-6,9H,7-8,10-11H2,(H,22,24)(H,23,25). The van der Waals surface area contributed by atoms with Gasteiger partial charge in [0.2, 0.25) is 11.8 Å². The van der Waals surface area contributed by atoms with Crippen molar-refractivity contribution < 1.29 is 22.8 Å². The van der Waals surface area contributed by atoms with Crippen molar-refractivity contribution in [3.05, 3.63) is 52.2 Å².